The number of nitrogens with one attached hydrogen (secondary N) is 2. The fourth-order valence-corrected chi connectivity index (χ4v) is 3.92. The highest BCUT2D eigenvalue weighted by atomic mass is 35.5. The molecule has 0 bridgehead atoms. The van der Waals surface area contributed by atoms with Crippen LogP contribution in [0.5, 0.6) is 0 Å². The van der Waals surface area contributed by atoms with Gasteiger partial charge in [0.2, 0.25) is 5.91 Å². The van der Waals surface area contributed by atoms with Crippen LogP contribution in [0.1, 0.15) is 45.4 Å². The van der Waals surface area contributed by atoms with Crippen LogP contribution in [0.3, 0.4) is 0 Å². The highest BCUT2D eigenvalue weighted by Crippen LogP contribution is 2.28. The summed E-state index contributed by atoms with van der Waals surface area (Å²) in [4.78, 5) is 16.7. The van der Waals surface area contributed by atoms with E-state index in [1.54, 1.807) is 0 Å². The maximum absolute atomic E-state index is 12.1. The third-order valence-corrected chi connectivity index (χ3v) is 5.54. The Balaban J connectivity index is 1.52. The largest absolute Gasteiger partial charge is 0.331 e. The summed E-state index contributed by atoms with van der Waals surface area (Å²) in [5.41, 5.74) is 3.64. The molecule has 0 fully saturated rings. The van der Waals surface area contributed by atoms with Crippen LogP contribution in [0.15, 0.2) is 53.9 Å². The Morgan fingerprint density at radius 3 is 2.59 bits per heavy atom. The van der Waals surface area contributed by atoms with Crippen molar-refractivity contribution in [1.29, 1.82) is 0 Å². The standard InChI is InChI=1S/C23H26ClN3OS/c1-2-3-4-5-6-10-22(28)25-19-13-11-17(12-14-19)21-16-29-23(27-21)26-20-9-7-8-18(24)15-20/h7-9,11-16H,2-6,10H2,1H3,(H,25,28)(H,26,27). The van der Waals surface area contributed by atoms with Gasteiger partial charge in [-0.1, -0.05) is 62.4 Å². The number of carbonyl (C=O) groups excluding carboxylic acids is 1. The van der Waals surface area contributed by atoms with Gasteiger partial charge in [0, 0.05) is 33.8 Å². The molecule has 2 aromatic carbocycles. The van der Waals surface area contributed by atoms with Gasteiger partial charge in [-0.05, 0) is 36.8 Å². The maximum Gasteiger partial charge on any atom is 0.224 e. The Kier molecular flexibility index (Phi) is 8.08. The summed E-state index contributed by atoms with van der Waals surface area (Å²) >= 11 is 7.56. The Labute approximate surface area is 181 Å². The van der Waals surface area contributed by atoms with Crippen LogP contribution in [0.25, 0.3) is 11.3 Å². The maximum atomic E-state index is 12.1. The second-order valence-electron chi connectivity index (χ2n) is 6.96. The van der Waals surface area contributed by atoms with Gasteiger partial charge in [-0.3, -0.25) is 4.79 Å². The first kappa shape index (κ1) is 21.3. The summed E-state index contributed by atoms with van der Waals surface area (Å²) in [6.07, 6.45) is 6.32. The van der Waals surface area contributed by atoms with Crippen LogP contribution in [-0.4, -0.2) is 10.9 Å². The van der Waals surface area contributed by atoms with Gasteiger partial charge in [-0.2, -0.15) is 0 Å². The van der Waals surface area contributed by atoms with Crippen LogP contribution in [0.2, 0.25) is 5.02 Å². The number of aromatic nitrogens is 1. The molecule has 2 N–H and O–H groups in total. The summed E-state index contributed by atoms with van der Waals surface area (Å²) in [5, 5.41) is 9.75. The lowest BCUT2D eigenvalue weighted by atomic mass is 10.1. The molecule has 4 nitrogen and oxygen atoms in total. The summed E-state index contributed by atoms with van der Waals surface area (Å²) in [7, 11) is 0. The van der Waals surface area contributed by atoms with Gasteiger partial charge in [0.25, 0.3) is 0 Å². The summed E-state index contributed by atoms with van der Waals surface area (Å²) in [6, 6.07) is 15.4. The zero-order valence-corrected chi connectivity index (χ0v) is 18.2. The van der Waals surface area contributed by atoms with E-state index in [-0.39, 0.29) is 5.91 Å². The van der Waals surface area contributed by atoms with E-state index in [4.69, 9.17) is 11.6 Å². The Morgan fingerprint density at radius 1 is 1.03 bits per heavy atom. The predicted molar refractivity (Wildman–Crippen MR) is 124 cm³/mol. The molecule has 1 amide bonds. The minimum Gasteiger partial charge on any atom is -0.331 e. The first-order valence-corrected chi connectivity index (χ1v) is 11.3. The zero-order valence-electron chi connectivity index (χ0n) is 16.6. The molecule has 0 aliphatic carbocycles. The quantitative estimate of drug-likeness (QED) is 0.329. The van der Waals surface area contributed by atoms with Crippen molar-refractivity contribution in [3.05, 3.63) is 58.9 Å². The highest BCUT2D eigenvalue weighted by molar-refractivity contribution is 7.14. The molecule has 0 aliphatic heterocycles. The van der Waals surface area contributed by atoms with Gasteiger partial charge in [0.05, 0.1) is 5.69 Å². The van der Waals surface area contributed by atoms with Crippen LogP contribution in [0.4, 0.5) is 16.5 Å². The highest BCUT2D eigenvalue weighted by Gasteiger charge is 2.07. The smallest absolute Gasteiger partial charge is 0.224 e. The molecule has 3 aromatic rings. The van der Waals surface area contributed by atoms with E-state index in [1.165, 1.54) is 30.6 Å². The van der Waals surface area contributed by atoms with E-state index in [0.29, 0.717) is 11.4 Å². The average Bonchev–Trinajstić information content (AvgIpc) is 3.17. The lowest BCUT2D eigenvalue weighted by Crippen LogP contribution is -2.10. The first-order chi connectivity index (χ1) is 14.1. The molecule has 152 valence electrons. The molecule has 0 atom stereocenters. The number of hydrogen-bond donors (Lipinski definition) is 2. The molecule has 1 aromatic heterocycles. The van der Waals surface area contributed by atoms with Crippen LogP contribution < -0.4 is 10.6 Å². The molecule has 0 aliphatic rings. The molecule has 0 radical (unpaired) electrons. The summed E-state index contributed by atoms with van der Waals surface area (Å²) in [5.74, 6) is 0.0796. The van der Waals surface area contributed by atoms with Gasteiger partial charge in [0.1, 0.15) is 0 Å². The molecule has 0 saturated carbocycles. The first-order valence-electron chi connectivity index (χ1n) is 10.0. The van der Waals surface area contributed by atoms with Gasteiger partial charge in [-0.25, -0.2) is 4.98 Å². The fraction of sp³-hybridized carbons (Fsp3) is 0.304. The van der Waals surface area contributed by atoms with Crippen molar-refractivity contribution in [3.8, 4) is 11.3 Å². The van der Waals surface area contributed by atoms with E-state index in [1.807, 2.05) is 53.9 Å². The second-order valence-corrected chi connectivity index (χ2v) is 8.26. The number of anilines is 3. The molecule has 6 heteroatoms. The van der Waals surface area contributed by atoms with Crippen molar-refractivity contribution in [2.45, 2.75) is 45.4 Å². The van der Waals surface area contributed by atoms with Crippen LogP contribution in [-0.2, 0) is 4.79 Å². The Morgan fingerprint density at radius 2 is 1.83 bits per heavy atom. The number of hydrogen-bond acceptors (Lipinski definition) is 4. The van der Waals surface area contributed by atoms with Crippen molar-refractivity contribution in [2.75, 3.05) is 10.6 Å². The van der Waals surface area contributed by atoms with Gasteiger partial charge < -0.3 is 10.6 Å². The van der Waals surface area contributed by atoms with Crippen molar-refractivity contribution >= 4 is 45.4 Å². The van der Waals surface area contributed by atoms with E-state index in [9.17, 15) is 4.79 Å². The minimum atomic E-state index is 0.0796. The van der Waals surface area contributed by atoms with E-state index in [0.717, 1.165) is 40.6 Å². The molecule has 29 heavy (non-hydrogen) atoms. The van der Waals surface area contributed by atoms with Gasteiger partial charge in [-0.15, -0.1) is 11.3 Å². The normalized spacial score (nSPS) is 10.7. The number of rotatable bonds is 10. The predicted octanol–water partition coefficient (Wildman–Crippen LogP) is 7.51. The second kappa shape index (κ2) is 11.0. The van der Waals surface area contributed by atoms with Crippen LogP contribution in [0, 0.1) is 0 Å². The number of halogens is 1. The third kappa shape index (κ3) is 6.87. The van der Waals surface area contributed by atoms with Gasteiger partial charge >= 0.3 is 0 Å². The third-order valence-electron chi connectivity index (χ3n) is 4.55. The van der Waals surface area contributed by atoms with E-state index in [2.05, 4.69) is 22.5 Å². The topological polar surface area (TPSA) is 54.0 Å². The zero-order chi connectivity index (χ0) is 20.5. The molecule has 1 heterocycles. The number of amides is 1. The molecule has 0 spiro atoms. The monoisotopic (exact) mass is 427 g/mol. The lowest BCUT2D eigenvalue weighted by molar-refractivity contribution is -0.116. The molecular formula is C23H26ClN3OS. The van der Waals surface area contributed by atoms with Gasteiger partial charge in [0.15, 0.2) is 5.13 Å². The molecule has 0 saturated heterocycles. The fourth-order valence-electron chi connectivity index (χ4n) is 2.99. The van der Waals surface area contributed by atoms with E-state index >= 15 is 0 Å². The number of benzene rings is 2. The Hall–Kier alpha value is -2.37. The lowest BCUT2D eigenvalue weighted by Gasteiger charge is -2.06. The minimum absolute atomic E-state index is 0.0796. The number of nitrogens with zero attached hydrogens (tertiary/aromatic N) is 1. The summed E-state index contributed by atoms with van der Waals surface area (Å²) < 4.78 is 0. The van der Waals surface area contributed by atoms with Crippen molar-refractivity contribution < 1.29 is 4.79 Å². The molecule has 3 rings (SSSR count). The van der Waals surface area contributed by atoms with Crippen molar-refractivity contribution in [1.82, 2.24) is 4.98 Å². The van der Waals surface area contributed by atoms with Crippen LogP contribution >= 0.6 is 22.9 Å². The van der Waals surface area contributed by atoms with Crippen molar-refractivity contribution in [2.24, 2.45) is 0 Å². The van der Waals surface area contributed by atoms with Crippen molar-refractivity contribution in [3.63, 3.8) is 0 Å². The molecular weight excluding hydrogens is 402 g/mol. The molecule has 0 unspecified atom stereocenters. The average molecular weight is 428 g/mol. The number of thiazole rings is 1. The number of unbranched alkanes of at least 4 members (excludes halogenated alkanes) is 4. The number of carbonyl (C=O) groups is 1. The van der Waals surface area contributed by atoms with E-state index < -0.39 is 0 Å². The SMILES string of the molecule is CCCCCCCC(=O)Nc1ccc(-c2csc(Nc3cccc(Cl)c3)n2)cc1. The Bertz CT molecular complexity index is 924. The summed E-state index contributed by atoms with van der Waals surface area (Å²) in [6.45, 7) is 2.19.